The van der Waals surface area contributed by atoms with Gasteiger partial charge >= 0.3 is 0 Å². The van der Waals surface area contributed by atoms with Crippen LogP contribution < -0.4 is 11.1 Å². The first kappa shape index (κ1) is 21.8. The molecule has 0 aromatic carbocycles. The van der Waals surface area contributed by atoms with Crippen molar-refractivity contribution in [2.75, 3.05) is 6.54 Å². The van der Waals surface area contributed by atoms with Crippen LogP contribution in [-0.4, -0.2) is 29.7 Å². The van der Waals surface area contributed by atoms with Gasteiger partial charge in [0.15, 0.2) is 0 Å². The number of nitriles is 2. The molecule has 2 heterocycles. The van der Waals surface area contributed by atoms with E-state index in [2.05, 4.69) is 52.1 Å². The second-order valence-corrected chi connectivity index (χ2v) is 8.42. The van der Waals surface area contributed by atoms with Crippen molar-refractivity contribution >= 4 is 12.4 Å². The standard InChI is InChI=1S/C23H31N7/c1-15(2)30-14-21(20-4-6-27-13-23(20)30)22(26)5-7-28-16(3)29-19-9-17(11-24)8-18(10-19)12-25/h7,9,13-18,22,29H,4-6,8,10,26H2,1-3H3/b28-7-. The predicted octanol–water partition coefficient (Wildman–Crippen LogP) is 3.40. The molecule has 7 heteroatoms. The fourth-order valence-electron chi connectivity index (χ4n) is 4.19. The van der Waals surface area contributed by atoms with Crippen molar-refractivity contribution in [1.82, 2.24) is 9.88 Å². The van der Waals surface area contributed by atoms with Crippen LogP contribution in [-0.2, 0) is 6.42 Å². The van der Waals surface area contributed by atoms with Crippen molar-refractivity contribution in [2.45, 2.75) is 64.7 Å². The summed E-state index contributed by atoms with van der Waals surface area (Å²) in [5.74, 6) is -0.332. The number of aromatic nitrogens is 1. The molecule has 2 aliphatic rings. The molecule has 30 heavy (non-hydrogen) atoms. The second-order valence-electron chi connectivity index (χ2n) is 8.42. The Hall–Kier alpha value is -2.90. The summed E-state index contributed by atoms with van der Waals surface area (Å²) in [5, 5.41) is 21.7. The van der Waals surface area contributed by atoms with Gasteiger partial charge < -0.3 is 15.6 Å². The van der Waals surface area contributed by atoms with Crippen molar-refractivity contribution < 1.29 is 0 Å². The van der Waals surface area contributed by atoms with Crippen LogP contribution in [0.3, 0.4) is 0 Å². The molecule has 0 amide bonds. The first-order chi connectivity index (χ1) is 14.4. The van der Waals surface area contributed by atoms with Crippen molar-refractivity contribution in [3.63, 3.8) is 0 Å². The monoisotopic (exact) mass is 405 g/mol. The highest BCUT2D eigenvalue weighted by atomic mass is 15.1. The fraction of sp³-hybridized carbons (Fsp3) is 0.565. The van der Waals surface area contributed by atoms with E-state index >= 15 is 0 Å². The molecule has 7 nitrogen and oxygen atoms in total. The average Bonchev–Trinajstić information content (AvgIpc) is 3.13. The zero-order valence-corrected chi connectivity index (χ0v) is 18.0. The van der Waals surface area contributed by atoms with E-state index in [9.17, 15) is 10.5 Å². The smallest absolute Gasteiger partial charge is 0.115 e. The van der Waals surface area contributed by atoms with Gasteiger partial charge in [0.05, 0.1) is 29.7 Å². The van der Waals surface area contributed by atoms with E-state index in [1.807, 2.05) is 25.4 Å². The summed E-state index contributed by atoms with van der Waals surface area (Å²) in [5.41, 5.74) is 11.1. The van der Waals surface area contributed by atoms with Crippen LogP contribution in [0.5, 0.6) is 0 Å². The van der Waals surface area contributed by atoms with E-state index in [0.29, 0.717) is 25.3 Å². The van der Waals surface area contributed by atoms with Crippen molar-refractivity contribution in [2.24, 2.45) is 27.6 Å². The Bertz CT molecular complexity index is 923. The van der Waals surface area contributed by atoms with Crippen molar-refractivity contribution in [3.8, 4) is 12.1 Å². The molecule has 0 saturated heterocycles. The number of rotatable bonds is 7. The Kier molecular flexibility index (Phi) is 7.07. The molecule has 0 spiro atoms. The molecule has 3 N–H and O–H groups in total. The molecule has 158 valence electrons. The van der Waals surface area contributed by atoms with E-state index in [1.54, 1.807) is 0 Å². The van der Waals surface area contributed by atoms with E-state index in [1.165, 1.54) is 16.8 Å². The maximum absolute atomic E-state index is 9.22. The quantitative estimate of drug-likeness (QED) is 0.676. The SMILES string of the molecule is CC(/N=C\CC(N)c1cn(C(C)C)c2c1CCN=C2)NC1=CC(C#N)CC(C#N)C1. The first-order valence-corrected chi connectivity index (χ1v) is 10.7. The predicted molar refractivity (Wildman–Crippen MR) is 119 cm³/mol. The van der Waals surface area contributed by atoms with Crippen LogP contribution in [0.25, 0.3) is 0 Å². The van der Waals surface area contributed by atoms with Gasteiger partial charge in [-0.15, -0.1) is 0 Å². The van der Waals surface area contributed by atoms with E-state index in [0.717, 1.165) is 18.7 Å². The maximum Gasteiger partial charge on any atom is 0.115 e. The number of allylic oxidation sites excluding steroid dienone is 2. The molecule has 1 aliphatic carbocycles. The van der Waals surface area contributed by atoms with Crippen molar-refractivity contribution in [3.05, 3.63) is 34.8 Å². The van der Waals surface area contributed by atoms with Crippen LogP contribution in [0.4, 0.5) is 0 Å². The topological polar surface area (TPSA) is 115 Å². The van der Waals surface area contributed by atoms with Crippen LogP contribution in [0.2, 0.25) is 0 Å². The molecule has 4 unspecified atom stereocenters. The lowest BCUT2D eigenvalue weighted by Gasteiger charge is -2.23. The number of nitrogens with one attached hydrogen (secondary N) is 1. The lowest BCUT2D eigenvalue weighted by Crippen LogP contribution is -2.28. The van der Waals surface area contributed by atoms with E-state index in [4.69, 9.17) is 5.73 Å². The molecule has 4 atom stereocenters. The summed E-state index contributed by atoms with van der Waals surface area (Å²) >= 11 is 0. The molecular weight excluding hydrogens is 374 g/mol. The molecule has 0 radical (unpaired) electrons. The largest absolute Gasteiger partial charge is 0.368 e. The second kappa shape index (κ2) is 9.73. The average molecular weight is 406 g/mol. The Morgan fingerprint density at radius 2 is 2.17 bits per heavy atom. The minimum absolute atomic E-state index is 0.110. The van der Waals surface area contributed by atoms with Crippen LogP contribution >= 0.6 is 0 Å². The third-order valence-corrected chi connectivity index (χ3v) is 5.71. The first-order valence-electron chi connectivity index (χ1n) is 10.7. The molecule has 0 bridgehead atoms. The summed E-state index contributed by atoms with van der Waals surface area (Å²) < 4.78 is 2.25. The Labute approximate surface area is 179 Å². The number of hydrogen-bond donors (Lipinski definition) is 2. The zero-order valence-electron chi connectivity index (χ0n) is 18.0. The third-order valence-electron chi connectivity index (χ3n) is 5.71. The van der Waals surface area contributed by atoms with Gasteiger partial charge in [0.1, 0.15) is 6.17 Å². The van der Waals surface area contributed by atoms with Gasteiger partial charge in [-0.25, -0.2) is 0 Å². The number of fused-ring (bicyclic) bond motifs is 1. The van der Waals surface area contributed by atoms with E-state index < -0.39 is 0 Å². The van der Waals surface area contributed by atoms with Crippen LogP contribution in [0, 0.1) is 34.5 Å². The van der Waals surface area contributed by atoms with Crippen LogP contribution in [0.1, 0.15) is 68.9 Å². The van der Waals surface area contributed by atoms with Gasteiger partial charge in [-0.3, -0.25) is 9.98 Å². The molecular formula is C23H31N7. The number of aliphatic imine (C=N–C) groups is 2. The van der Waals surface area contributed by atoms with Gasteiger partial charge in [-0.1, -0.05) is 0 Å². The van der Waals surface area contributed by atoms with Crippen molar-refractivity contribution in [1.29, 1.82) is 10.5 Å². The molecule has 3 rings (SSSR count). The number of hydrogen-bond acceptors (Lipinski definition) is 6. The summed E-state index contributed by atoms with van der Waals surface area (Å²) in [4.78, 5) is 9.01. The highest BCUT2D eigenvalue weighted by Gasteiger charge is 2.23. The number of nitrogens with two attached hydrogens (primary N) is 1. The van der Waals surface area contributed by atoms with Gasteiger partial charge in [0, 0.05) is 55.8 Å². The summed E-state index contributed by atoms with van der Waals surface area (Å²) in [6.45, 7) is 7.11. The molecule has 1 aromatic rings. The molecule has 1 aliphatic heterocycles. The third kappa shape index (κ3) is 4.98. The summed E-state index contributed by atoms with van der Waals surface area (Å²) in [6.07, 6.45) is 10.6. The van der Waals surface area contributed by atoms with Gasteiger partial charge in [0.25, 0.3) is 0 Å². The maximum atomic E-state index is 9.22. The molecule has 0 saturated carbocycles. The Balaban J connectivity index is 1.62. The highest BCUT2D eigenvalue weighted by Crippen LogP contribution is 2.29. The van der Waals surface area contributed by atoms with Gasteiger partial charge in [0.2, 0.25) is 0 Å². The van der Waals surface area contributed by atoms with Gasteiger partial charge in [-0.2, -0.15) is 10.5 Å². The minimum Gasteiger partial charge on any atom is -0.368 e. The molecule has 0 fully saturated rings. The number of nitrogens with zero attached hydrogens (tertiary/aromatic N) is 5. The molecule has 1 aromatic heterocycles. The summed E-state index contributed by atoms with van der Waals surface area (Å²) in [7, 11) is 0. The fourth-order valence-corrected chi connectivity index (χ4v) is 4.19. The minimum atomic E-state index is -0.213. The summed E-state index contributed by atoms with van der Waals surface area (Å²) in [6, 6.07) is 4.78. The lowest BCUT2D eigenvalue weighted by atomic mass is 9.86. The van der Waals surface area contributed by atoms with Gasteiger partial charge in [-0.05, 0) is 50.8 Å². The van der Waals surface area contributed by atoms with E-state index in [-0.39, 0.29) is 24.0 Å². The van der Waals surface area contributed by atoms with Crippen LogP contribution in [0.15, 0.2) is 28.0 Å². The Morgan fingerprint density at radius 3 is 2.87 bits per heavy atom. The normalized spacial score (nSPS) is 22.8. The lowest BCUT2D eigenvalue weighted by molar-refractivity contribution is 0.479. The highest BCUT2D eigenvalue weighted by molar-refractivity contribution is 5.82. The Morgan fingerprint density at radius 1 is 1.37 bits per heavy atom. The zero-order chi connectivity index (χ0) is 21.7.